The summed E-state index contributed by atoms with van der Waals surface area (Å²) in [5.41, 5.74) is 7.19. The Labute approximate surface area is 169 Å². The Morgan fingerprint density at radius 1 is 1.15 bits per heavy atom. The van der Waals surface area contributed by atoms with E-state index in [0.717, 1.165) is 51.9 Å². The van der Waals surface area contributed by atoms with Gasteiger partial charge in [0.2, 0.25) is 0 Å². The highest BCUT2D eigenvalue weighted by Crippen LogP contribution is 2.21. The second-order valence-corrected chi connectivity index (χ2v) is 7.36. The first-order valence-corrected chi connectivity index (χ1v) is 9.92. The number of amides is 2. The molecule has 0 bridgehead atoms. The average molecular weight is 396 g/mol. The Morgan fingerprint density at radius 2 is 1.70 bits per heavy atom. The Kier molecular flexibility index (Phi) is 9.81. The first-order valence-electron chi connectivity index (χ1n) is 9.92. The van der Waals surface area contributed by atoms with E-state index in [1.807, 2.05) is 22.8 Å². The molecule has 1 unspecified atom stereocenters. The fraction of sp³-hybridized carbons (Fsp3) is 0.619. The van der Waals surface area contributed by atoms with Gasteiger partial charge in [-0.05, 0) is 56.7 Å². The van der Waals surface area contributed by atoms with E-state index in [0.29, 0.717) is 17.0 Å². The van der Waals surface area contributed by atoms with Gasteiger partial charge in [0.25, 0.3) is 11.8 Å². The maximum absolute atomic E-state index is 12.8. The number of hydrogen-bond acceptors (Lipinski definition) is 3. The lowest BCUT2D eigenvalue weighted by molar-refractivity contribution is 0.0681. The summed E-state index contributed by atoms with van der Waals surface area (Å²) < 4.78 is 0. The lowest BCUT2D eigenvalue weighted by Crippen LogP contribution is -2.42. The van der Waals surface area contributed by atoms with Crippen molar-refractivity contribution < 1.29 is 9.59 Å². The first kappa shape index (κ1) is 23.4. The average Bonchev–Trinajstić information content (AvgIpc) is 2.67. The van der Waals surface area contributed by atoms with Crippen molar-refractivity contribution in [1.29, 1.82) is 0 Å². The number of hydrogen-bond donors (Lipinski definition) is 1. The molecule has 27 heavy (non-hydrogen) atoms. The van der Waals surface area contributed by atoms with Crippen LogP contribution in [0.25, 0.3) is 0 Å². The fourth-order valence-corrected chi connectivity index (χ4v) is 3.63. The molecule has 1 aromatic rings. The predicted octanol–water partition coefficient (Wildman–Crippen LogP) is 3.57. The molecule has 1 atom stereocenters. The Bertz CT molecular complexity index is 607. The molecule has 1 aliphatic rings. The minimum Gasteiger partial charge on any atom is -0.339 e. The standard InChI is InChI=1S/C21H33N3O2.ClH/c1-4-11-23(12-5-2)20(25)18-7-6-8-19(15-18)21(26)24-13-9-17(10-14-24)16(3)22;/h6-8,15-17H,4-5,9-14,22H2,1-3H3;1H. The Hall–Kier alpha value is -1.59. The molecule has 0 spiro atoms. The molecule has 2 N–H and O–H groups in total. The van der Waals surface area contributed by atoms with E-state index in [4.69, 9.17) is 5.73 Å². The maximum atomic E-state index is 12.8. The molecule has 152 valence electrons. The van der Waals surface area contributed by atoms with Crippen LogP contribution in [0.4, 0.5) is 0 Å². The highest BCUT2D eigenvalue weighted by Gasteiger charge is 2.26. The lowest BCUT2D eigenvalue weighted by atomic mass is 9.90. The number of nitrogens with two attached hydrogens (primary N) is 1. The second kappa shape index (κ2) is 11.3. The smallest absolute Gasteiger partial charge is 0.253 e. The molecule has 1 saturated heterocycles. The van der Waals surface area contributed by atoms with Gasteiger partial charge in [-0.1, -0.05) is 19.9 Å². The zero-order valence-electron chi connectivity index (χ0n) is 16.8. The van der Waals surface area contributed by atoms with Crippen molar-refractivity contribution in [3.8, 4) is 0 Å². The second-order valence-electron chi connectivity index (χ2n) is 7.36. The molecule has 1 aliphatic heterocycles. The molecule has 5 nitrogen and oxygen atoms in total. The number of likely N-dealkylation sites (tertiary alicyclic amines) is 1. The molecule has 2 rings (SSSR count). The number of piperidine rings is 1. The third kappa shape index (κ3) is 6.22. The van der Waals surface area contributed by atoms with Crippen LogP contribution in [0.2, 0.25) is 0 Å². The summed E-state index contributed by atoms with van der Waals surface area (Å²) in [5, 5.41) is 0. The zero-order valence-corrected chi connectivity index (χ0v) is 17.6. The number of benzene rings is 1. The molecule has 1 aromatic carbocycles. The van der Waals surface area contributed by atoms with Crippen LogP contribution >= 0.6 is 12.4 Å². The van der Waals surface area contributed by atoms with Crippen LogP contribution in [0.3, 0.4) is 0 Å². The van der Waals surface area contributed by atoms with Crippen molar-refractivity contribution in [3.05, 3.63) is 35.4 Å². The number of rotatable bonds is 7. The minimum atomic E-state index is 0. The number of carbonyl (C=O) groups is 2. The van der Waals surface area contributed by atoms with Gasteiger partial charge in [-0.3, -0.25) is 9.59 Å². The van der Waals surface area contributed by atoms with E-state index in [1.54, 1.807) is 18.2 Å². The van der Waals surface area contributed by atoms with Crippen LogP contribution in [0.1, 0.15) is 67.2 Å². The summed E-state index contributed by atoms with van der Waals surface area (Å²) in [7, 11) is 0. The number of nitrogens with zero attached hydrogens (tertiary/aromatic N) is 2. The SMILES string of the molecule is CCCN(CCC)C(=O)c1cccc(C(=O)N2CCC(C(C)N)CC2)c1.Cl. The molecule has 0 aromatic heterocycles. The summed E-state index contributed by atoms with van der Waals surface area (Å²) in [6.45, 7) is 9.15. The van der Waals surface area contributed by atoms with Gasteiger partial charge in [-0.2, -0.15) is 0 Å². The van der Waals surface area contributed by atoms with Gasteiger partial charge >= 0.3 is 0 Å². The van der Waals surface area contributed by atoms with Gasteiger partial charge in [0.05, 0.1) is 0 Å². The van der Waals surface area contributed by atoms with Crippen LogP contribution in [-0.2, 0) is 0 Å². The topological polar surface area (TPSA) is 66.6 Å². The van der Waals surface area contributed by atoms with E-state index in [-0.39, 0.29) is 30.3 Å². The summed E-state index contributed by atoms with van der Waals surface area (Å²) in [4.78, 5) is 29.4. The normalized spacial score (nSPS) is 15.8. The van der Waals surface area contributed by atoms with Crippen LogP contribution in [0.15, 0.2) is 24.3 Å². The fourth-order valence-electron chi connectivity index (χ4n) is 3.63. The molecular formula is C21H34ClN3O2. The van der Waals surface area contributed by atoms with Crippen molar-refractivity contribution >= 4 is 24.2 Å². The van der Waals surface area contributed by atoms with Gasteiger partial charge < -0.3 is 15.5 Å². The van der Waals surface area contributed by atoms with Gasteiger partial charge in [0.1, 0.15) is 0 Å². The monoisotopic (exact) mass is 395 g/mol. The van der Waals surface area contributed by atoms with Crippen molar-refractivity contribution in [2.45, 2.75) is 52.5 Å². The van der Waals surface area contributed by atoms with Gasteiger partial charge in [0, 0.05) is 43.3 Å². The number of carbonyl (C=O) groups excluding carboxylic acids is 2. The third-order valence-corrected chi connectivity index (χ3v) is 5.20. The largest absolute Gasteiger partial charge is 0.339 e. The Balaban J connectivity index is 0.00000364. The molecule has 0 aliphatic carbocycles. The highest BCUT2D eigenvalue weighted by molar-refractivity contribution is 5.99. The molecule has 1 heterocycles. The van der Waals surface area contributed by atoms with Crippen molar-refractivity contribution in [3.63, 3.8) is 0 Å². The molecule has 0 radical (unpaired) electrons. The van der Waals surface area contributed by atoms with E-state index in [9.17, 15) is 9.59 Å². The van der Waals surface area contributed by atoms with Crippen molar-refractivity contribution in [1.82, 2.24) is 9.80 Å². The van der Waals surface area contributed by atoms with Crippen molar-refractivity contribution in [2.75, 3.05) is 26.2 Å². The minimum absolute atomic E-state index is 0. The van der Waals surface area contributed by atoms with Crippen LogP contribution < -0.4 is 5.73 Å². The quantitative estimate of drug-likeness (QED) is 0.767. The molecule has 2 amide bonds. The van der Waals surface area contributed by atoms with Crippen molar-refractivity contribution in [2.24, 2.45) is 11.7 Å². The number of halogens is 1. The van der Waals surface area contributed by atoms with E-state index in [2.05, 4.69) is 13.8 Å². The molecule has 0 saturated carbocycles. The van der Waals surface area contributed by atoms with Crippen LogP contribution in [0, 0.1) is 5.92 Å². The highest BCUT2D eigenvalue weighted by atomic mass is 35.5. The zero-order chi connectivity index (χ0) is 19.1. The van der Waals surface area contributed by atoms with Gasteiger partial charge in [0.15, 0.2) is 0 Å². The van der Waals surface area contributed by atoms with Crippen LogP contribution in [-0.4, -0.2) is 53.8 Å². The molecule has 1 fully saturated rings. The first-order chi connectivity index (χ1) is 12.5. The van der Waals surface area contributed by atoms with Gasteiger partial charge in [-0.15, -0.1) is 12.4 Å². The summed E-state index contributed by atoms with van der Waals surface area (Å²) in [6.07, 6.45) is 3.75. The Morgan fingerprint density at radius 3 is 2.22 bits per heavy atom. The van der Waals surface area contributed by atoms with E-state index in [1.165, 1.54) is 0 Å². The molecule has 6 heteroatoms. The molecular weight excluding hydrogens is 362 g/mol. The summed E-state index contributed by atoms with van der Waals surface area (Å²) in [5.74, 6) is 0.517. The maximum Gasteiger partial charge on any atom is 0.253 e. The lowest BCUT2D eigenvalue weighted by Gasteiger charge is -2.33. The van der Waals surface area contributed by atoms with E-state index >= 15 is 0 Å². The predicted molar refractivity (Wildman–Crippen MR) is 112 cm³/mol. The van der Waals surface area contributed by atoms with Crippen LogP contribution in [0.5, 0.6) is 0 Å². The third-order valence-electron chi connectivity index (χ3n) is 5.20. The van der Waals surface area contributed by atoms with Gasteiger partial charge in [-0.25, -0.2) is 0 Å². The summed E-state index contributed by atoms with van der Waals surface area (Å²) in [6, 6.07) is 7.35. The summed E-state index contributed by atoms with van der Waals surface area (Å²) >= 11 is 0. The van der Waals surface area contributed by atoms with E-state index < -0.39 is 0 Å².